The molecular formula is C15H23ClN4O. The molecule has 116 valence electrons. The highest BCUT2D eigenvalue weighted by Gasteiger charge is 2.21. The van der Waals surface area contributed by atoms with Crippen LogP contribution in [0.1, 0.15) is 33.1 Å². The third-order valence-electron chi connectivity index (χ3n) is 3.89. The van der Waals surface area contributed by atoms with Gasteiger partial charge in [-0.3, -0.25) is 0 Å². The molecule has 3 heterocycles. The number of halogens is 1. The normalized spacial score (nSPS) is 22.2. The van der Waals surface area contributed by atoms with Gasteiger partial charge >= 0.3 is 0 Å². The Morgan fingerprint density at radius 1 is 1.43 bits per heavy atom. The molecule has 2 N–H and O–H groups in total. The van der Waals surface area contributed by atoms with Crippen LogP contribution >= 0.6 is 11.6 Å². The zero-order valence-corrected chi connectivity index (χ0v) is 12.1. The zero-order chi connectivity index (χ0) is 13.9. The third kappa shape index (κ3) is 3.73. The topological polar surface area (TPSA) is 63.0 Å². The summed E-state index contributed by atoms with van der Waals surface area (Å²) < 4.78 is 2.02. The molecule has 0 bridgehead atoms. The van der Waals surface area contributed by atoms with Crippen molar-refractivity contribution in [2.24, 2.45) is 0 Å². The summed E-state index contributed by atoms with van der Waals surface area (Å²) in [5.74, 6) is 0. The van der Waals surface area contributed by atoms with Crippen LogP contribution in [-0.2, 0) is 6.54 Å². The summed E-state index contributed by atoms with van der Waals surface area (Å²) >= 11 is 5.93. The minimum Gasteiger partial charge on any atom is -0.392 e. The number of aromatic nitrogens is 3. The number of hydrogen-bond acceptors (Lipinski definition) is 4. The summed E-state index contributed by atoms with van der Waals surface area (Å²) in [6.07, 6.45) is 5.50. The molecule has 2 aromatic heterocycles. The molecule has 0 amide bonds. The first-order chi connectivity index (χ1) is 9.74. The van der Waals surface area contributed by atoms with Crippen LogP contribution in [-0.4, -0.2) is 38.3 Å². The van der Waals surface area contributed by atoms with Crippen LogP contribution in [0.4, 0.5) is 0 Å². The van der Waals surface area contributed by atoms with E-state index in [4.69, 9.17) is 11.6 Å². The Kier molecular flexibility index (Phi) is 5.56. The summed E-state index contributed by atoms with van der Waals surface area (Å²) in [6.45, 7) is 1.85. The van der Waals surface area contributed by atoms with Gasteiger partial charge in [0.1, 0.15) is 10.7 Å². The van der Waals surface area contributed by atoms with Gasteiger partial charge in [0.05, 0.1) is 12.4 Å². The molecule has 1 fully saturated rings. The maximum atomic E-state index is 9.92. The molecule has 6 heteroatoms. The van der Waals surface area contributed by atoms with Gasteiger partial charge in [-0.2, -0.15) is 0 Å². The summed E-state index contributed by atoms with van der Waals surface area (Å²) in [7, 11) is 0. The van der Waals surface area contributed by atoms with Crippen molar-refractivity contribution in [3.63, 3.8) is 0 Å². The van der Waals surface area contributed by atoms with Gasteiger partial charge in [-0.15, -0.1) is 0 Å². The fourth-order valence-electron chi connectivity index (χ4n) is 2.79. The molecule has 2 atom stereocenters. The Morgan fingerprint density at radius 3 is 3.10 bits per heavy atom. The number of imidazole rings is 1. The largest absolute Gasteiger partial charge is 0.392 e. The highest BCUT2D eigenvalue weighted by atomic mass is 35.5. The lowest BCUT2D eigenvalue weighted by Gasteiger charge is -2.28. The molecule has 0 aromatic carbocycles. The summed E-state index contributed by atoms with van der Waals surface area (Å²) in [5, 5.41) is 13.8. The predicted octanol–water partition coefficient (Wildman–Crippen LogP) is 2.61. The molecule has 0 unspecified atom stereocenters. The van der Waals surface area contributed by atoms with E-state index in [1.807, 2.05) is 10.6 Å². The Bertz CT molecular complexity index is 586. The molecule has 5 nitrogen and oxygen atoms in total. The molecule has 1 aliphatic heterocycles. The molecule has 0 radical (unpaired) electrons. The number of pyridine rings is 1. The van der Waals surface area contributed by atoms with E-state index >= 15 is 0 Å². The number of nitrogens with zero attached hydrogens (tertiary/aromatic N) is 3. The maximum absolute atomic E-state index is 9.92. The monoisotopic (exact) mass is 310 g/mol. The standard InChI is InChI=1S/C14H19ClN4O.CH4/c15-13-6-5-11-14(18-13)19(9-17-11)8-2-3-10-12(20)4-1-7-16-10;/h5-6,9-10,12,16,20H,1-4,7-8H2;1H4/t10-,12+;/m1./s1. The van der Waals surface area contributed by atoms with Crippen molar-refractivity contribution in [1.29, 1.82) is 0 Å². The van der Waals surface area contributed by atoms with Gasteiger partial charge < -0.3 is 15.0 Å². The van der Waals surface area contributed by atoms with E-state index in [1.165, 1.54) is 0 Å². The van der Waals surface area contributed by atoms with E-state index < -0.39 is 0 Å². The number of fused-ring (bicyclic) bond motifs is 1. The second-order valence-corrected chi connectivity index (χ2v) is 5.71. The van der Waals surface area contributed by atoms with Crippen molar-refractivity contribution >= 4 is 22.8 Å². The minimum atomic E-state index is -0.212. The van der Waals surface area contributed by atoms with Crippen LogP contribution in [0.15, 0.2) is 18.5 Å². The Labute approximate surface area is 130 Å². The summed E-state index contributed by atoms with van der Waals surface area (Å²) in [5.41, 5.74) is 1.69. The summed E-state index contributed by atoms with van der Waals surface area (Å²) in [4.78, 5) is 8.63. The van der Waals surface area contributed by atoms with E-state index in [0.717, 1.165) is 49.9 Å². The Morgan fingerprint density at radius 2 is 2.29 bits per heavy atom. The first kappa shape index (κ1) is 16.2. The Hall–Kier alpha value is -1.17. The molecule has 0 saturated carbocycles. The number of aryl methyl sites for hydroxylation is 1. The quantitative estimate of drug-likeness (QED) is 0.852. The molecule has 2 aromatic rings. The van der Waals surface area contributed by atoms with Gasteiger partial charge in [0.2, 0.25) is 0 Å². The van der Waals surface area contributed by atoms with Crippen molar-refractivity contribution in [1.82, 2.24) is 19.9 Å². The van der Waals surface area contributed by atoms with Gasteiger partial charge in [-0.1, -0.05) is 19.0 Å². The average molecular weight is 311 g/mol. The maximum Gasteiger partial charge on any atom is 0.161 e. The van der Waals surface area contributed by atoms with Crippen molar-refractivity contribution in [2.45, 2.75) is 51.8 Å². The van der Waals surface area contributed by atoms with E-state index in [0.29, 0.717) is 5.15 Å². The number of aliphatic hydroxyl groups excluding tert-OH is 1. The van der Waals surface area contributed by atoms with Crippen LogP contribution in [0.5, 0.6) is 0 Å². The second-order valence-electron chi connectivity index (χ2n) is 5.33. The van der Waals surface area contributed by atoms with Crippen molar-refractivity contribution < 1.29 is 5.11 Å². The smallest absolute Gasteiger partial charge is 0.161 e. The highest BCUT2D eigenvalue weighted by molar-refractivity contribution is 6.29. The van der Waals surface area contributed by atoms with Gasteiger partial charge in [0.25, 0.3) is 0 Å². The fraction of sp³-hybridized carbons (Fsp3) is 0.600. The molecule has 1 saturated heterocycles. The molecule has 3 rings (SSSR count). The Balaban J connectivity index is 0.00000161. The van der Waals surface area contributed by atoms with Crippen molar-refractivity contribution in [3.8, 4) is 0 Å². The predicted molar refractivity (Wildman–Crippen MR) is 85.5 cm³/mol. The highest BCUT2D eigenvalue weighted by Crippen LogP contribution is 2.17. The zero-order valence-electron chi connectivity index (χ0n) is 11.3. The number of piperidine rings is 1. The van der Waals surface area contributed by atoms with Gasteiger partial charge in [-0.25, -0.2) is 9.97 Å². The van der Waals surface area contributed by atoms with Gasteiger partial charge in [0, 0.05) is 12.6 Å². The molecule has 0 spiro atoms. The van der Waals surface area contributed by atoms with E-state index in [1.54, 1.807) is 12.4 Å². The van der Waals surface area contributed by atoms with Crippen LogP contribution in [0, 0.1) is 0 Å². The molecular weight excluding hydrogens is 288 g/mol. The van der Waals surface area contributed by atoms with Crippen molar-refractivity contribution in [2.75, 3.05) is 6.54 Å². The first-order valence-electron chi connectivity index (χ1n) is 7.13. The number of rotatable bonds is 4. The average Bonchev–Trinajstić information content (AvgIpc) is 2.83. The second kappa shape index (κ2) is 7.20. The van der Waals surface area contributed by atoms with Crippen molar-refractivity contribution in [3.05, 3.63) is 23.6 Å². The number of aliphatic hydroxyl groups is 1. The van der Waals surface area contributed by atoms with E-state index in [2.05, 4.69) is 15.3 Å². The van der Waals surface area contributed by atoms with Crippen LogP contribution in [0.2, 0.25) is 5.15 Å². The molecule has 0 aliphatic carbocycles. The van der Waals surface area contributed by atoms with E-state index in [-0.39, 0.29) is 19.6 Å². The lowest BCUT2D eigenvalue weighted by Crippen LogP contribution is -2.44. The fourth-order valence-corrected chi connectivity index (χ4v) is 2.94. The lowest BCUT2D eigenvalue weighted by atomic mass is 9.97. The van der Waals surface area contributed by atoms with E-state index in [9.17, 15) is 5.11 Å². The minimum absolute atomic E-state index is 0. The van der Waals surface area contributed by atoms with Crippen LogP contribution in [0.25, 0.3) is 11.2 Å². The van der Waals surface area contributed by atoms with Gasteiger partial charge in [0.15, 0.2) is 5.65 Å². The molecule has 1 aliphatic rings. The SMILES string of the molecule is C.O[C@H]1CCCN[C@@H]1CCCn1cnc2ccc(Cl)nc21. The lowest BCUT2D eigenvalue weighted by molar-refractivity contribution is 0.0909. The first-order valence-corrected chi connectivity index (χ1v) is 7.50. The van der Waals surface area contributed by atoms with Crippen LogP contribution in [0.3, 0.4) is 0 Å². The molecule has 21 heavy (non-hydrogen) atoms. The third-order valence-corrected chi connectivity index (χ3v) is 4.10. The van der Waals surface area contributed by atoms with Gasteiger partial charge in [-0.05, 0) is 44.4 Å². The number of nitrogens with one attached hydrogen (secondary N) is 1. The summed E-state index contributed by atoms with van der Waals surface area (Å²) in [6, 6.07) is 3.85. The van der Waals surface area contributed by atoms with Crippen LogP contribution < -0.4 is 5.32 Å². The number of hydrogen-bond donors (Lipinski definition) is 2.